The van der Waals surface area contributed by atoms with Gasteiger partial charge in [-0.1, -0.05) is 19.1 Å². The van der Waals surface area contributed by atoms with Gasteiger partial charge in [-0.05, 0) is 24.1 Å². The van der Waals surface area contributed by atoms with E-state index in [0.29, 0.717) is 5.92 Å². The molecule has 1 aliphatic heterocycles. The van der Waals surface area contributed by atoms with Gasteiger partial charge in [0.2, 0.25) is 0 Å². The van der Waals surface area contributed by atoms with E-state index in [4.69, 9.17) is 0 Å². The van der Waals surface area contributed by atoms with Gasteiger partial charge in [0.25, 0.3) is 0 Å². The third kappa shape index (κ3) is 3.12. The molecule has 0 amide bonds. The molecule has 3 nitrogen and oxygen atoms in total. The second kappa shape index (κ2) is 5.35. The summed E-state index contributed by atoms with van der Waals surface area (Å²) in [6, 6.07) is 1.96. The van der Waals surface area contributed by atoms with Gasteiger partial charge in [0.15, 0.2) is 0 Å². The van der Waals surface area contributed by atoms with Gasteiger partial charge in [-0.15, -0.1) is 0 Å². The van der Waals surface area contributed by atoms with Gasteiger partial charge in [-0.3, -0.25) is 4.68 Å². The van der Waals surface area contributed by atoms with E-state index in [0.717, 1.165) is 13.1 Å². The molecule has 1 aromatic heterocycles. The molecule has 16 heavy (non-hydrogen) atoms. The van der Waals surface area contributed by atoms with Crippen LogP contribution in [0.3, 0.4) is 0 Å². The molecule has 1 unspecified atom stereocenters. The second-order valence-corrected chi connectivity index (χ2v) is 4.10. The Morgan fingerprint density at radius 3 is 2.44 bits per heavy atom. The molecule has 2 rings (SSSR count). The smallest absolute Gasteiger partial charge is 0.0489 e. The fourth-order valence-electron chi connectivity index (χ4n) is 1.77. The minimum Gasteiger partial charge on any atom is -0.354 e. The molecule has 0 saturated heterocycles. The molecular weight excluding hydrogens is 198 g/mol. The maximum Gasteiger partial charge on any atom is 0.0489 e. The van der Waals surface area contributed by atoms with Crippen LogP contribution in [0.5, 0.6) is 0 Å². The first-order chi connectivity index (χ1) is 7.84. The van der Waals surface area contributed by atoms with Crippen molar-refractivity contribution in [2.45, 2.75) is 13.5 Å². The Hall–Kier alpha value is -1.77. The van der Waals surface area contributed by atoms with Crippen molar-refractivity contribution in [3.05, 3.63) is 55.2 Å². The molecule has 1 aliphatic rings. The van der Waals surface area contributed by atoms with E-state index in [1.165, 1.54) is 0 Å². The summed E-state index contributed by atoms with van der Waals surface area (Å²) in [4.78, 5) is 2.20. The van der Waals surface area contributed by atoms with Crippen LogP contribution in [-0.2, 0) is 6.54 Å². The molecule has 1 aromatic rings. The minimum absolute atomic E-state index is 0.562. The zero-order valence-corrected chi connectivity index (χ0v) is 9.53. The van der Waals surface area contributed by atoms with Gasteiger partial charge in [-0.2, -0.15) is 5.10 Å². The molecule has 0 bridgehead atoms. The predicted octanol–water partition coefficient (Wildman–Crippen LogP) is 2.42. The molecule has 84 valence electrons. The lowest BCUT2D eigenvalue weighted by molar-refractivity contribution is 0.354. The topological polar surface area (TPSA) is 21.1 Å². The average Bonchev–Trinajstić information content (AvgIpc) is 2.62. The largest absolute Gasteiger partial charge is 0.354 e. The first kappa shape index (κ1) is 10.7. The summed E-state index contributed by atoms with van der Waals surface area (Å²) >= 11 is 0. The fraction of sp³-hybridized carbons (Fsp3) is 0.308. The minimum atomic E-state index is 0.562. The lowest BCUT2D eigenvalue weighted by atomic mass is 10.2. The second-order valence-electron chi connectivity index (χ2n) is 4.10. The van der Waals surface area contributed by atoms with Crippen LogP contribution < -0.4 is 0 Å². The van der Waals surface area contributed by atoms with Crippen molar-refractivity contribution >= 4 is 0 Å². The van der Waals surface area contributed by atoms with Crippen LogP contribution in [0, 0.1) is 5.92 Å². The Morgan fingerprint density at radius 1 is 1.06 bits per heavy atom. The molecule has 0 spiro atoms. The Kier molecular flexibility index (Phi) is 3.59. The van der Waals surface area contributed by atoms with Crippen molar-refractivity contribution in [2.75, 3.05) is 6.54 Å². The van der Waals surface area contributed by atoms with Crippen LogP contribution >= 0.6 is 0 Å². The van der Waals surface area contributed by atoms with Crippen molar-refractivity contribution < 1.29 is 0 Å². The molecule has 0 aromatic carbocycles. The predicted molar refractivity (Wildman–Crippen MR) is 65.5 cm³/mol. The van der Waals surface area contributed by atoms with Gasteiger partial charge in [0.1, 0.15) is 0 Å². The third-order valence-corrected chi connectivity index (χ3v) is 2.47. The quantitative estimate of drug-likeness (QED) is 0.769. The van der Waals surface area contributed by atoms with Crippen molar-refractivity contribution in [3.8, 4) is 0 Å². The van der Waals surface area contributed by atoms with Crippen molar-refractivity contribution in [2.24, 2.45) is 5.92 Å². The highest BCUT2D eigenvalue weighted by Crippen LogP contribution is 2.06. The van der Waals surface area contributed by atoms with Gasteiger partial charge in [0, 0.05) is 37.9 Å². The molecule has 0 N–H and O–H groups in total. The summed E-state index contributed by atoms with van der Waals surface area (Å²) in [5.41, 5.74) is 0. The van der Waals surface area contributed by atoms with Crippen LogP contribution in [0.1, 0.15) is 6.92 Å². The Morgan fingerprint density at radius 2 is 1.81 bits per heavy atom. The summed E-state index contributed by atoms with van der Waals surface area (Å²) < 4.78 is 1.98. The van der Waals surface area contributed by atoms with Crippen LogP contribution in [0.2, 0.25) is 0 Å². The first-order valence-corrected chi connectivity index (χ1v) is 5.59. The van der Waals surface area contributed by atoms with E-state index in [9.17, 15) is 0 Å². The number of aromatic nitrogens is 2. The summed E-state index contributed by atoms with van der Waals surface area (Å²) in [7, 11) is 0. The standard InChI is InChI=1S/C13H17N3/c1-13(12-16-10-6-7-14-16)11-15-8-4-2-3-5-9-15/h2-10,13H,11-12H2,1H3. The maximum atomic E-state index is 4.22. The summed E-state index contributed by atoms with van der Waals surface area (Å²) in [5, 5.41) is 4.22. The monoisotopic (exact) mass is 215 g/mol. The lowest BCUT2D eigenvalue weighted by Crippen LogP contribution is -2.21. The van der Waals surface area contributed by atoms with E-state index in [1.807, 2.05) is 35.3 Å². The van der Waals surface area contributed by atoms with Gasteiger partial charge < -0.3 is 4.90 Å². The summed E-state index contributed by atoms with van der Waals surface area (Å²) in [6.07, 6.45) is 16.2. The van der Waals surface area contributed by atoms with E-state index in [1.54, 1.807) is 0 Å². The number of hydrogen-bond donors (Lipinski definition) is 0. The number of rotatable bonds is 4. The Balaban J connectivity index is 1.85. The molecule has 0 radical (unpaired) electrons. The fourth-order valence-corrected chi connectivity index (χ4v) is 1.77. The van der Waals surface area contributed by atoms with Crippen molar-refractivity contribution in [1.29, 1.82) is 0 Å². The highest BCUT2D eigenvalue weighted by molar-refractivity contribution is 5.15. The van der Waals surface area contributed by atoms with Crippen molar-refractivity contribution in [3.63, 3.8) is 0 Å². The molecule has 0 saturated carbocycles. The van der Waals surface area contributed by atoms with Gasteiger partial charge in [-0.25, -0.2) is 0 Å². The van der Waals surface area contributed by atoms with E-state index < -0.39 is 0 Å². The number of allylic oxidation sites excluding steroid dienone is 4. The third-order valence-electron chi connectivity index (χ3n) is 2.47. The van der Waals surface area contributed by atoms with Crippen molar-refractivity contribution in [1.82, 2.24) is 14.7 Å². The highest BCUT2D eigenvalue weighted by atomic mass is 15.3. The highest BCUT2D eigenvalue weighted by Gasteiger charge is 2.06. The number of nitrogens with zero attached hydrogens (tertiary/aromatic N) is 3. The normalized spacial score (nSPS) is 16.4. The molecular formula is C13H17N3. The zero-order chi connectivity index (χ0) is 11.2. The molecule has 1 atom stereocenters. The SMILES string of the molecule is CC(CN1C=CC=CC=C1)Cn1cccn1. The summed E-state index contributed by atoms with van der Waals surface area (Å²) in [5.74, 6) is 0.562. The number of hydrogen-bond acceptors (Lipinski definition) is 2. The van der Waals surface area contributed by atoms with Crippen LogP contribution in [0.4, 0.5) is 0 Å². The van der Waals surface area contributed by atoms with E-state index in [2.05, 4.69) is 41.5 Å². The first-order valence-electron chi connectivity index (χ1n) is 5.59. The average molecular weight is 215 g/mol. The maximum absolute atomic E-state index is 4.22. The van der Waals surface area contributed by atoms with Crippen LogP contribution in [0.15, 0.2) is 55.2 Å². The lowest BCUT2D eigenvalue weighted by Gasteiger charge is -2.20. The Bertz CT molecular complexity index is 371. The Labute approximate surface area is 96.4 Å². The molecule has 3 heteroatoms. The molecule has 0 aliphatic carbocycles. The van der Waals surface area contributed by atoms with Gasteiger partial charge in [0.05, 0.1) is 0 Å². The molecule has 2 heterocycles. The summed E-state index contributed by atoms with van der Waals surface area (Å²) in [6.45, 7) is 4.20. The van der Waals surface area contributed by atoms with Crippen LogP contribution in [0.25, 0.3) is 0 Å². The van der Waals surface area contributed by atoms with E-state index in [-0.39, 0.29) is 0 Å². The molecule has 0 fully saturated rings. The zero-order valence-electron chi connectivity index (χ0n) is 9.53. The van der Waals surface area contributed by atoms with E-state index >= 15 is 0 Å². The van der Waals surface area contributed by atoms with Gasteiger partial charge >= 0.3 is 0 Å². The van der Waals surface area contributed by atoms with Crippen LogP contribution in [-0.4, -0.2) is 21.2 Å².